The fourth-order valence-corrected chi connectivity index (χ4v) is 2.57. The predicted molar refractivity (Wildman–Crippen MR) is 77.0 cm³/mol. The Morgan fingerprint density at radius 2 is 1.86 bits per heavy atom. The number of H-pyrrole nitrogens is 2. The van der Waals surface area contributed by atoms with Gasteiger partial charge in [0.05, 0.1) is 0 Å². The molecule has 2 aromatic heterocycles. The van der Waals surface area contributed by atoms with Gasteiger partial charge in [0.2, 0.25) is 0 Å². The van der Waals surface area contributed by atoms with E-state index in [9.17, 15) is 23.6 Å². The first-order chi connectivity index (χ1) is 10.3. The Hall–Kier alpha value is -2.45. The average Bonchev–Trinajstić information content (AvgIpc) is 3.18. The Labute approximate surface area is 122 Å². The van der Waals surface area contributed by atoms with Crippen LogP contribution >= 0.6 is 0 Å². The van der Waals surface area contributed by atoms with E-state index in [-0.39, 0.29) is 17.6 Å². The van der Waals surface area contributed by atoms with E-state index < -0.39 is 28.2 Å². The average molecular weight is 310 g/mol. The van der Waals surface area contributed by atoms with Crippen molar-refractivity contribution in [3.8, 4) is 0 Å². The van der Waals surface area contributed by atoms with Crippen molar-refractivity contribution >= 4 is 11.0 Å². The van der Waals surface area contributed by atoms with Crippen LogP contribution in [0.25, 0.3) is 11.0 Å². The van der Waals surface area contributed by atoms with Crippen molar-refractivity contribution in [3.63, 3.8) is 0 Å². The zero-order chi connectivity index (χ0) is 16.1. The lowest BCUT2D eigenvalue weighted by Crippen LogP contribution is -2.42. The number of hydrogen-bond acceptors (Lipinski definition) is 4. The molecule has 2 aromatic rings. The van der Waals surface area contributed by atoms with Crippen LogP contribution in [0, 0.1) is 0 Å². The zero-order valence-corrected chi connectivity index (χ0v) is 11.9. The third-order valence-electron chi connectivity index (χ3n) is 4.02. The van der Waals surface area contributed by atoms with Crippen molar-refractivity contribution in [1.29, 1.82) is 0 Å². The molecule has 0 spiro atoms. The standard InChI is InChI=1S/C13H15FN4O4/c1-17-10(20)7-8(9(19)16-11(21)15-7)18(12(17)22)6-2-3-13(14)4-5-13/h2-6H2,1H3,(H2,15,16,19,21). The molecule has 1 aliphatic rings. The highest BCUT2D eigenvalue weighted by molar-refractivity contribution is 5.71. The van der Waals surface area contributed by atoms with Gasteiger partial charge in [-0.1, -0.05) is 0 Å². The van der Waals surface area contributed by atoms with E-state index >= 15 is 0 Å². The summed E-state index contributed by atoms with van der Waals surface area (Å²) >= 11 is 0. The number of fused-ring (bicyclic) bond motifs is 1. The zero-order valence-electron chi connectivity index (χ0n) is 11.9. The van der Waals surface area contributed by atoms with E-state index in [1.54, 1.807) is 0 Å². The highest BCUT2D eigenvalue weighted by Gasteiger charge is 2.42. The number of alkyl halides is 1. The van der Waals surface area contributed by atoms with Crippen LogP contribution in [0.2, 0.25) is 0 Å². The minimum absolute atomic E-state index is 0.101. The van der Waals surface area contributed by atoms with Crippen LogP contribution in [-0.4, -0.2) is 24.8 Å². The molecule has 0 aromatic carbocycles. The number of aromatic nitrogens is 4. The fraction of sp³-hybridized carbons (Fsp3) is 0.538. The van der Waals surface area contributed by atoms with Crippen LogP contribution in [-0.2, 0) is 13.6 Å². The molecule has 0 amide bonds. The summed E-state index contributed by atoms with van der Waals surface area (Å²) in [5.41, 5.74) is -4.60. The van der Waals surface area contributed by atoms with Gasteiger partial charge in [0.15, 0.2) is 0 Å². The summed E-state index contributed by atoms with van der Waals surface area (Å²) < 4.78 is 15.6. The Morgan fingerprint density at radius 3 is 2.50 bits per heavy atom. The molecular formula is C13H15FN4O4. The SMILES string of the molecule is Cn1c(=O)c2[nH]c(=O)[nH]c(=O)c2n(CCCC2(F)CC2)c1=O. The number of nitrogens with one attached hydrogen (secondary N) is 2. The van der Waals surface area contributed by atoms with Gasteiger partial charge in [0.25, 0.3) is 11.1 Å². The molecule has 118 valence electrons. The van der Waals surface area contributed by atoms with Gasteiger partial charge in [-0.2, -0.15) is 0 Å². The van der Waals surface area contributed by atoms with Gasteiger partial charge >= 0.3 is 11.4 Å². The molecule has 1 aliphatic carbocycles. The topological polar surface area (TPSA) is 110 Å². The van der Waals surface area contributed by atoms with Crippen molar-refractivity contribution < 1.29 is 4.39 Å². The summed E-state index contributed by atoms with van der Waals surface area (Å²) in [6.45, 7) is 0.101. The van der Waals surface area contributed by atoms with Crippen LogP contribution in [0.5, 0.6) is 0 Å². The molecule has 0 bridgehead atoms. The second kappa shape index (κ2) is 4.79. The first-order valence-electron chi connectivity index (χ1n) is 6.97. The first-order valence-corrected chi connectivity index (χ1v) is 6.97. The van der Waals surface area contributed by atoms with E-state index in [2.05, 4.69) is 4.98 Å². The van der Waals surface area contributed by atoms with Gasteiger partial charge in [0.1, 0.15) is 16.7 Å². The number of aromatic amines is 2. The summed E-state index contributed by atoms with van der Waals surface area (Å²) in [6.07, 6.45) is 1.70. The van der Waals surface area contributed by atoms with E-state index in [1.165, 1.54) is 7.05 Å². The lowest BCUT2D eigenvalue weighted by atomic mass is 10.2. The molecule has 0 radical (unpaired) electrons. The lowest BCUT2D eigenvalue weighted by Gasteiger charge is -2.11. The van der Waals surface area contributed by atoms with Gasteiger partial charge in [-0.3, -0.25) is 23.7 Å². The van der Waals surface area contributed by atoms with Gasteiger partial charge < -0.3 is 4.98 Å². The Balaban J connectivity index is 2.15. The maximum Gasteiger partial charge on any atom is 0.331 e. The Kier molecular flexibility index (Phi) is 3.15. The van der Waals surface area contributed by atoms with Crippen molar-refractivity contribution in [1.82, 2.24) is 19.1 Å². The van der Waals surface area contributed by atoms with E-state index in [4.69, 9.17) is 0 Å². The maximum atomic E-state index is 13.6. The summed E-state index contributed by atoms with van der Waals surface area (Å²) in [5, 5.41) is 0. The predicted octanol–water partition coefficient (Wildman–Crippen LogP) is -0.641. The molecule has 0 unspecified atom stereocenters. The summed E-state index contributed by atoms with van der Waals surface area (Å²) in [4.78, 5) is 51.7. The molecule has 2 heterocycles. The molecule has 9 heteroatoms. The second-order valence-electron chi connectivity index (χ2n) is 5.68. The smallest absolute Gasteiger partial charge is 0.301 e. The van der Waals surface area contributed by atoms with Crippen LogP contribution in [0.3, 0.4) is 0 Å². The molecule has 0 saturated heterocycles. The quantitative estimate of drug-likeness (QED) is 0.782. The molecule has 1 saturated carbocycles. The van der Waals surface area contributed by atoms with Gasteiger partial charge in [0, 0.05) is 13.6 Å². The maximum absolute atomic E-state index is 13.6. The summed E-state index contributed by atoms with van der Waals surface area (Å²) in [5.74, 6) is 0. The summed E-state index contributed by atoms with van der Waals surface area (Å²) in [6, 6.07) is 0. The molecule has 22 heavy (non-hydrogen) atoms. The summed E-state index contributed by atoms with van der Waals surface area (Å²) in [7, 11) is 1.26. The monoisotopic (exact) mass is 310 g/mol. The second-order valence-corrected chi connectivity index (χ2v) is 5.68. The van der Waals surface area contributed by atoms with E-state index in [0.717, 1.165) is 9.13 Å². The minimum atomic E-state index is -1.15. The van der Waals surface area contributed by atoms with Crippen LogP contribution in [0.1, 0.15) is 25.7 Å². The number of nitrogens with zero attached hydrogens (tertiary/aromatic N) is 2. The number of aryl methyl sites for hydroxylation is 1. The van der Waals surface area contributed by atoms with E-state index in [1.807, 2.05) is 4.98 Å². The van der Waals surface area contributed by atoms with Crippen LogP contribution < -0.4 is 22.5 Å². The van der Waals surface area contributed by atoms with Crippen molar-refractivity contribution in [2.24, 2.45) is 7.05 Å². The number of hydrogen-bond donors (Lipinski definition) is 2. The molecular weight excluding hydrogens is 295 g/mol. The van der Waals surface area contributed by atoms with Gasteiger partial charge in [-0.25, -0.2) is 14.0 Å². The molecule has 0 aliphatic heterocycles. The lowest BCUT2D eigenvalue weighted by molar-refractivity contribution is 0.278. The third-order valence-corrected chi connectivity index (χ3v) is 4.02. The molecule has 1 fully saturated rings. The highest BCUT2D eigenvalue weighted by Crippen LogP contribution is 2.43. The Morgan fingerprint density at radius 1 is 1.18 bits per heavy atom. The molecule has 2 N–H and O–H groups in total. The van der Waals surface area contributed by atoms with Crippen LogP contribution in [0.4, 0.5) is 4.39 Å². The van der Waals surface area contributed by atoms with Crippen molar-refractivity contribution in [3.05, 3.63) is 41.7 Å². The third kappa shape index (κ3) is 2.32. The normalized spacial score (nSPS) is 16.1. The van der Waals surface area contributed by atoms with Crippen molar-refractivity contribution in [2.45, 2.75) is 37.9 Å². The number of rotatable bonds is 4. The molecule has 0 atom stereocenters. The van der Waals surface area contributed by atoms with Gasteiger partial charge in [-0.15, -0.1) is 0 Å². The number of halogens is 1. The fourth-order valence-electron chi connectivity index (χ4n) is 2.57. The highest BCUT2D eigenvalue weighted by atomic mass is 19.1. The first kappa shape index (κ1) is 14.5. The molecule has 8 nitrogen and oxygen atoms in total. The molecule has 3 rings (SSSR count). The van der Waals surface area contributed by atoms with Crippen LogP contribution in [0.15, 0.2) is 19.2 Å². The van der Waals surface area contributed by atoms with Crippen molar-refractivity contribution in [2.75, 3.05) is 0 Å². The largest absolute Gasteiger partial charge is 0.331 e. The Bertz CT molecular complexity index is 977. The van der Waals surface area contributed by atoms with Gasteiger partial charge in [-0.05, 0) is 25.7 Å². The minimum Gasteiger partial charge on any atom is -0.301 e. The van der Waals surface area contributed by atoms with E-state index in [0.29, 0.717) is 25.7 Å².